The molecule has 0 radical (unpaired) electrons. The minimum absolute atomic E-state index is 0.107. The minimum atomic E-state index is -0.434. The van der Waals surface area contributed by atoms with E-state index in [9.17, 15) is 9.59 Å². The third-order valence-corrected chi connectivity index (χ3v) is 6.94. The van der Waals surface area contributed by atoms with Crippen LogP contribution in [0.25, 0.3) is 0 Å². The van der Waals surface area contributed by atoms with Crippen molar-refractivity contribution in [2.24, 2.45) is 5.41 Å². The van der Waals surface area contributed by atoms with E-state index >= 15 is 0 Å². The Morgan fingerprint density at radius 2 is 1.70 bits per heavy atom. The highest BCUT2D eigenvalue weighted by Gasteiger charge is 2.41. The third-order valence-electron chi connectivity index (χ3n) is 6.71. The van der Waals surface area contributed by atoms with E-state index in [1.54, 1.807) is 12.1 Å². The van der Waals surface area contributed by atoms with E-state index in [4.69, 9.17) is 25.8 Å². The van der Waals surface area contributed by atoms with Gasteiger partial charge in [0.25, 0.3) is 0 Å². The van der Waals surface area contributed by atoms with Crippen LogP contribution in [-0.2, 0) is 19.1 Å². The number of hydrogen-bond donors (Lipinski definition) is 0. The molecule has 1 atom stereocenters. The van der Waals surface area contributed by atoms with Crippen molar-refractivity contribution in [2.45, 2.75) is 19.3 Å². The Hall–Kier alpha value is -1.87. The van der Waals surface area contributed by atoms with Crippen molar-refractivity contribution in [3.63, 3.8) is 0 Å². The quantitative estimate of drug-likeness (QED) is 0.595. The Kier molecular flexibility index (Phi) is 8.46. The molecular weight excluding hydrogens is 446 g/mol. The molecule has 0 aliphatic carbocycles. The maximum absolute atomic E-state index is 13.2. The van der Waals surface area contributed by atoms with Gasteiger partial charge in [0.05, 0.1) is 39.6 Å². The molecule has 0 aromatic heterocycles. The fourth-order valence-corrected chi connectivity index (χ4v) is 5.00. The van der Waals surface area contributed by atoms with Crippen LogP contribution in [0.3, 0.4) is 0 Å². The molecule has 0 saturated carbocycles. The molecule has 0 N–H and O–H groups in total. The predicted octanol–water partition coefficient (Wildman–Crippen LogP) is 1.91. The van der Waals surface area contributed by atoms with Crippen LogP contribution in [0.15, 0.2) is 24.3 Å². The molecule has 182 valence electrons. The fraction of sp³-hybridized carbons (Fsp3) is 0.667. The first kappa shape index (κ1) is 24.3. The van der Waals surface area contributed by atoms with Gasteiger partial charge in [0.1, 0.15) is 5.75 Å². The van der Waals surface area contributed by atoms with Crippen LogP contribution in [0.5, 0.6) is 5.75 Å². The second-order valence-electron chi connectivity index (χ2n) is 9.22. The summed E-state index contributed by atoms with van der Waals surface area (Å²) in [7, 11) is 0. The lowest BCUT2D eigenvalue weighted by Gasteiger charge is -2.44. The van der Waals surface area contributed by atoms with Gasteiger partial charge in [-0.25, -0.2) is 0 Å². The zero-order valence-corrected chi connectivity index (χ0v) is 19.9. The number of halogens is 1. The van der Waals surface area contributed by atoms with Gasteiger partial charge in [0.2, 0.25) is 11.8 Å². The lowest BCUT2D eigenvalue weighted by atomic mass is 9.77. The Labute approximate surface area is 200 Å². The molecule has 3 heterocycles. The van der Waals surface area contributed by atoms with Crippen molar-refractivity contribution in [2.75, 3.05) is 78.8 Å². The molecule has 0 bridgehead atoms. The Bertz CT molecular complexity index is 813. The molecule has 3 fully saturated rings. The van der Waals surface area contributed by atoms with Gasteiger partial charge in [-0.05, 0) is 31.0 Å². The van der Waals surface area contributed by atoms with Crippen molar-refractivity contribution in [1.82, 2.24) is 14.7 Å². The van der Waals surface area contributed by atoms with Gasteiger partial charge >= 0.3 is 0 Å². The van der Waals surface area contributed by atoms with Gasteiger partial charge in [-0.2, -0.15) is 0 Å². The molecule has 2 amide bonds. The first-order valence-corrected chi connectivity index (χ1v) is 12.2. The Morgan fingerprint density at radius 1 is 0.970 bits per heavy atom. The maximum atomic E-state index is 13.2. The molecule has 0 unspecified atom stereocenters. The van der Waals surface area contributed by atoms with Gasteiger partial charge in [0.15, 0.2) is 0 Å². The largest absolute Gasteiger partial charge is 0.493 e. The highest BCUT2D eigenvalue weighted by Crippen LogP contribution is 2.36. The van der Waals surface area contributed by atoms with E-state index in [2.05, 4.69) is 4.90 Å². The lowest BCUT2D eigenvalue weighted by Crippen LogP contribution is -2.54. The summed E-state index contributed by atoms with van der Waals surface area (Å²) in [5.41, 5.74) is -0.434. The molecule has 8 nitrogen and oxygen atoms in total. The number of ether oxygens (including phenoxy) is 3. The average Bonchev–Trinajstić information content (AvgIpc) is 2.84. The third kappa shape index (κ3) is 6.82. The molecule has 3 aliphatic rings. The van der Waals surface area contributed by atoms with Crippen molar-refractivity contribution in [3.8, 4) is 5.75 Å². The monoisotopic (exact) mass is 479 g/mol. The van der Waals surface area contributed by atoms with Crippen LogP contribution >= 0.6 is 11.6 Å². The van der Waals surface area contributed by atoms with E-state index in [-0.39, 0.29) is 11.8 Å². The number of benzene rings is 1. The van der Waals surface area contributed by atoms with Gasteiger partial charge in [-0.15, -0.1) is 0 Å². The number of carbonyl (C=O) groups excluding carboxylic acids is 2. The van der Waals surface area contributed by atoms with Gasteiger partial charge in [-0.1, -0.05) is 17.7 Å². The highest BCUT2D eigenvalue weighted by molar-refractivity contribution is 6.30. The molecule has 33 heavy (non-hydrogen) atoms. The van der Waals surface area contributed by atoms with E-state index in [1.807, 2.05) is 21.9 Å². The van der Waals surface area contributed by atoms with Crippen molar-refractivity contribution >= 4 is 23.4 Å². The number of hydrogen-bond acceptors (Lipinski definition) is 6. The molecule has 1 aromatic carbocycles. The molecule has 3 saturated heterocycles. The standard InChI is InChI=1S/C24H34ClN3O5/c25-20-3-1-4-21(15-20)33-19-24(16-22(29)27-9-13-32-14-10-27)5-2-6-28(18-24)23(30)17-26-7-11-31-12-8-26/h1,3-4,15H,2,5-14,16-19H2/t24-/m0/s1. The Morgan fingerprint density at radius 3 is 2.42 bits per heavy atom. The van der Waals surface area contributed by atoms with E-state index < -0.39 is 5.41 Å². The summed E-state index contributed by atoms with van der Waals surface area (Å²) in [5.74, 6) is 0.899. The summed E-state index contributed by atoms with van der Waals surface area (Å²) in [4.78, 5) is 32.3. The summed E-state index contributed by atoms with van der Waals surface area (Å²) in [5, 5.41) is 0.608. The number of nitrogens with zero attached hydrogens (tertiary/aromatic N) is 3. The van der Waals surface area contributed by atoms with Crippen molar-refractivity contribution < 1.29 is 23.8 Å². The summed E-state index contributed by atoms with van der Waals surface area (Å²) in [6.45, 7) is 7.25. The van der Waals surface area contributed by atoms with Gasteiger partial charge < -0.3 is 24.0 Å². The summed E-state index contributed by atoms with van der Waals surface area (Å²) >= 11 is 6.13. The van der Waals surface area contributed by atoms with Crippen LogP contribution in [0, 0.1) is 5.41 Å². The van der Waals surface area contributed by atoms with Crippen LogP contribution < -0.4 is 4.74 Å². The first-order valence-electron chi connectivity index (χ1n) is 11.8. The number of amides is 2. The highest BCUT2D eigenvalue weighted by atomic mass is 35.5. The maximum Gasteiger partial charge on any atom is 0.236 e. The number of carbonyl (C=O) groups is 2. The SMILES string of the molecule is O=C(C[C@@]1(COc2cccc(Cl)c2)CCCN(C(=O)CN2CCOCC2)C1)N1CCOCC1. The van der Waals surface area contributed by atoms with Crippen LogP contribution in [0.4, 0.5) is 0 Å². The summed E-state index contributed by atoms with van der Waals surface area (Å²) < 4.78 is 17.0. The molecule has 0 spiro atoms. The molecule has 4 rings (SSSR count). The zero-order valence-electron chi connectivity index (χ0n) is 19.2. The van der Waals surface area contributed by atoms with Crippen molar-refractivity contribution in [3.05, 3.63) is 29.3 Å². The van der Waals surface area contributed by atoms with Crippen LogP contribution in [-0.4, -0.2) is 105 Å². The van der Waals surface area contributed by atoms with Crippen LogP contribution in [0.1, 0.15) is 19.3 Å². The lowest BCUT2D eigenvalue weighted by molar-refractivity contribution is -0.144. The predicted molar refractivity (Wildman–Crippen MR) is 124 cm³/mol. The second-order valence-corrected chi connectivity index (χ2v) is 9.66. The smallest absolute Gasteiger partial charge is 0.236 e. The molecule has 1 aromatic rings. The van der Waals surface area contributed by atoms with Crippen LogP contribution in [0.2, 0.25) is 5.02 Å². The number of piperidine rings is 1. The number of rotatable bonds is 7. The normalized spacial score (nSPS) is 24.5. The van der Waals surface area contributed by atoms with E-state index in [0.717, 1.165) is 25.9 Å². The summed E-state index contributed by atoms with van der Waals surface area (Å²) in [6.07, 6.45) is 2.05. The number of morpholine rings is 2. The average molecular weight is 480 g/mol. The Balaban J connectivity index is 1.45. The number of likely N-dealkylation sites (tertiary alicyclic amines) is 1. The fourth-order valence-electron chi connectivity index (χ4n) is 4.82. The molecular formula is C24H34ClN3O5. The van der Waals surface area contributed by atoms with Gasteiger partial charge in [-0.3, -0.25) is 14.5 Å². The van der Waals surface area contributed by atoms with E-state index in [0.29, 0.717) is 83.0 Å². The minimum Gasteiger partial charge on any atom is -0.493 e. The van der Waals surface area contributed by atoms with E-state index in [1.165, 1.54) is 0 Å². The zero-order chi connectivity index (χ0) is 23.1. The van der Waals surface area contributed by atoms with Gasteiger partial charge in [0, 0.05) is 56.1 Å². The first-order chi connectivity index (χ1) is 16.0. The topological polar surface area (TPSA) is 71.5 Å². The summed E-state index contributed by atoms with van der Waals surface area (Å²) in [6, 6.07) is 7.30. The second kappa shape index (κ2) is 11.5. The molecule has 9 heteroatoms. The van der Waals surface area contributed by atoms with Crippen molar-refractivity contribution in [1.29, 1.82) is 0 Å². The molecule has 3 aliphatic heterocycles.